The number of esters is 1. The van der Waals surface area contributed by atoms with Crippen LogP contribution in [0.15, 0.2) is 54.6 Å². The molecule has 2 aromatic carbocycles. The number of carbonyl (C=O) groups is 1. The topological polar surface area (TPSA) is 59.3 Å². The molecule has 4 aliphatic rings. The summed E-state index contributed by atoms with van der Waals surface area (Å²) in [6, 6.07) is 19.9. The van der Waals surface area contributed by atoms with Crippen LogP contribution in [0.25, 0.3) is 0 Å². The van der Waals surface area contributed by atoms with Crippen molar-refractivity contribution in [2.45, 2.75) is 69.3 Å². The van der Waals surface area contributed by atoms with Crippen LogP contribution < -0.4 is 21.7 Å². The first kappa shape index (κ1) is 27.7. The van der Waals surface area contributed by atoms with Crippen molar-refractivity contribution in [2.24, 2.45) is 5.92 Å². The van der Waals surface area contributed by atoms with E-state index >= 15 is 0 Å². The Morgan fingerprint density at radius 1 is 0.973 bits per heavy atom. The number of rotatable bonds is 8. The molecule has 0 radical (unpaired) electrons. The molecule has 1 aliphatic carbocycles. The summed E-state index contributed by atoms with van der Waals surface area (Å²) in [5.41, 5.74) is 1.31. The Kier molecular flexibility index (Phi) is 9.31. The van der Waals surface area contributed by atoms with Gasteiger partial charge in [-0.1, -0.05) is 56.0 Å². The van der Waals surface area contributed by atoms with E-state index in [0.717, 1.165) is 73.8 Å². The fraction of sp³-hybridized carbons (Fsp3) is 0.548. The Balaban J connectivity index is 0.00000320. The van der Waals surface area contributed by atoms with Gasteiger partial charge in [0.2, 0.25) is 0 Å². The van der Waals surface area contributed by atoms with Gasteiger partial charge in [-0.3, -0.25) is 4.79 Å². The lowest BCUT2D eigenvalue weighted by molar-refractivity contribution is -0.946. The number of nitrogens with zero attached hydrogens (tertiary/aromatic N) is 2. The molecule has 0 amide bonds. The second-order valence-corrected chi connectivity index (χ2v) is 11.2. The number of halogens is 1. The SMILES string of the molecule is N#Cc1ccc(OCCC[N+]23CCC(CC2)[C@@H](OC(=O)C2(c4ccccc4)CCCCCC2)C3)cc1.[Br-]. The minimum Gasteiger partial charge on any atom is -1.00 e. The third-order valence-electron chi connectivity index (χ3n) is 9.00. The zero-order valence-electron chi connectivity index (χ0n) is 21.7. The van der Waals surface area contributed by atoms with Gasteiger partial charge in [0, 0.05) is 25.2 Å². The minimum atomic E-state index is -0.483. The molecule has 5 nitrogen and oxygen atoms in total. The summed E-state index contributed by atoms with van der Waals surface area (Å²) in [4.78, 5) is 13.9. The van der Waals surface area contributed by atoms with Gasteiger partial charge in [-0.05, 0) is 42.7 Å². The maximum atomic E-state index is 13.9. The van der Waals surface area contributed by atoms with Crippen molar-refractivity contribution >= 4 is 5.97 Å². The Morgan fingerprint density at radius 2 is 1.65 bits per heavy atom. The Bertz CT molecular complexity index is 1050. The Hall–Kier alpha value is -2.36. The Morgan fingerprint density at radius 3 is 2.30 bits per heavy atom. The molecule has 1 saturated carbocycles. The van der Waals surface area contributed by atoms with Crippen LogP contribution in [-0.4, -0.2) is 49.3 Å². The van der Waals surface area contributed by atoms with Gasteiger partial charge < -0.3 is 30.9 Å². The van der Waals surface area contributed by atoms with E-state index in [9.17, 15) is 4.79 Å². The number of piperidine rings is 3. The molecule has 3 heterocycles. The average Bonchev–Trinajstić information content (AvgIpc) is 3.20. The third-order valence-corrected chi connectivity index (χ3v) is 9.00. The standard InChI is InChI=1S/C31H39N2O3.BrH/c32-23-25-11-13-28(14-12-25)35-22-8-19-33-20-15-26(16-21-33)29(24-33)36-30(34)31(17-6-1-2-7-18-31)27-9-4-3-5-10-27;/h3-5,9-14,26,29H,1-2,6-8,15-22,24H2;1H/q+1;/p-1/t26?,29-,33?;/m0./s1. The Labute approximate surface area is 232 Å². The van der Waals surface area contributed by atoms with Crippen LogP contribution in [-0.2, 0) is 14.9 Å². The maximum Gasteiger partial charge on any atom is 0.317 e. The van der Waals surface area contributed by atoms with Gasteiger partial charge in [-0.25, -0.2) is 0 Å². The number of hydrogen-bond donors (Lipinski definition) is 0. The molecule has 0 N–H and O–H groups in total. The summed E-state index contributed by atoms with van der Waals surface area (Å²) in [5, 5.41) is 8.96. The molecule has 4 fully saturated rings. The van der Waals surface area contributed by atoms with E-state index in [4.69, 9.17) is 14.7 Å². The normalized spacial score (nSPS) is 26.2. The van der Waals surface area contributed by atoms with Crippen LogP contribution in [0.1, 0.15) is 68.9 Å². The fourth-order valence-corrected chi connectivity index (χ4v) is 6.83. The molecule has 6 heteroatoms. The summed E-state index contributed by atoms with van der Waals surface area (Å²) in [6.45, 7) is 5.02. The van der Waals surface area contributed by atoms with E-state index in [0.29, 0.717) is 18.1 Å². The summed E-state index contributed by atoms with van der Waals surface area (Å²) < 4.78 is 13.5. The molecule has 2 aromatic rings. The largest absolute Gasteiger partial charge is 1.00 e. The molecule has 3 saturated heterocycles. The highest BCUT2D eigenvalue weighted by atomic mass is 79.9. The van der Waals surface area contributed by atoms with Crippen molar-refractivity contribution in [3.05, 3.63) is 65.7 Å². The van der Waals surface area contributed by atoms with Gasteiger partial charge in [0.05, 0.1) is 43.3 Å². The quantitative estimate of drug-likeness (QED) is 0.213. The molecule has 2 bridgehead atoms. The van der Waals surface area contributed by atoms with E-state index in [1.165, 1.54) is 25.9 Å². The highest BCUT2D eigenvalue weighted by Gasteiger charge is 2.50. The van der Waals surface area contributed by atoms with Crippen molar-refractivity contribution in [2.75, 3.05) is 32.8 Å². The first-order chi connectivity index (χ1) is 17.6. The van der Waals surface area contributed by atoms with Gasteiger partial charge >= 0.3 is 5.97 Å². The van der Waals surface area contributed by atoms with Crippen LogP contribution in [0.4, 0.5) is 0 Å². The predicted octanol–water partition coefficient (Wildman–Crippen LogP) is 2.78. The predicted molar refractivity (Wildman–Crippen MR) is 139 cm³/mol. The van der Waals surface area contributed by atoms with Crippen molar-refractivity contribution < 1.29 is 35.7 Å². The van der Waals surface area contributed by atoms with Crippen molar-refractivity contribution in [3.63, 3.8) is 0 Å². The van der Waals surface area contributed by atoms with E-state index in [1.807, 2.05) is 18.2 Å². The zero-order chi connectivity index (χ0) is 24.8. The van der Waals surface area contributed by atoms with Gasteiger partial charge in [-0.15, -0.1) is 0 Å². The summed E-state index contributed by atoms with van der Waals surface area (Å²) >= 11 is 0. The summed E-state index contributed by atoms with van der Waals surface area (Å²) in [5.74, 6) is 1.34. The molecule has 0 aromatic heterocycles. The van der Waals surface area contributed by atoms with E-state index in [1.54, 1.807) is 12.1 Å². The highest BCUT2D eigenvalue weighted by molar-refractivity contribution is 5.83. The van der Waals surface area contributed by atoms with Gasteiger partial charge in [-0.2, -0.15) is 5.26 Å². The van der Waals surface area contributed by atoms with Gasteiger partial charge in [0.15, 0.2) is 6.10 Å². The second kappa shape index (κ2) is 12.5. The third kappa shape index (κ3) is 6.21. The lowest BCUT2D eigenvalue weighted by atomic mass is 9.74. The summed E-state index contributed by atoms with van der Waals surface area (Å²) in [7, 11) is 0. The highest BCUT2D eigenvalue weighted by Crippen LogP contribution is 2.42. The molecule has 1 atom stereocenters. The van der Waals surface area contributed by atoms with Gasteiger partial charge in [0.1, 0.15) is 12.3 Å². The van der Waals surface area contributed by atoms with E-state index in [-0.39, 0.29) is 29.1 Å². The zero-order valence-corrected chi connectivity index (χ0v) is 23.3. The summed E-state index contributed by atoms with van der Waals surface area (Å²) in [6.07, 6.45) is 9.70. The number of ether oxygens (including phenoxy) is 2. The number of carbonyl (C=O) groups excluding carboxylic acids is 1. The number of benzene rings is 2. The van der Waals surface area contributed by atoms with Crippen LogP contribution in [0, 0.1) is 17.2 Å². The van der Waals surface area contributed by atoms with Crippen LogP contribution >= 0.6 is 0 Å². The van der Waals surface area contributed by atoms with Crippen LogP contribution in [0.3, 0.4) is 0 Å². The molecule has 198 valence electrons. The smallest absolute Gasteiger partial charge is 0.317 e. The van der Waals surface area contributed by atoms with E-state index < -0.39 is 5.41 Å². The molecule has 0 unspecified atom stereocenters. The molecule has 6 rings (SSSR count). The molecular weight excluding hydrogens is 528 g/mol. The fourth-order valence-electron chi connectivity index (χ4n) is 6.83. The number of quaternary nitrogens is 1. The number of hydrogen-bond acceptors (Lipinski definition) is 4. The van der Waals surface area contributed by atoms with E-state index in [2.05, 4.69) is 30.3 Å². The van der Waals surface area contributed by atoms with Crippen LogP contribution in [0.5, 0.6) is 5.75 Å². The van der Waals surface area contributed by atoms with Gasteiger partial charge in [0.25, 0.3) is 0 Å². The lowest BCUT2D eigenvalue weighted by Crippen LogP contribution is -3.00. The second-order valence-electron chi connectivity index (χ2n) is 11.2. The van der Waals surface area contributed by atoms with Crippen molar-refractivity contribution in [1.29, 1.82) is 5.26 Å². The van der Waals surface area contributed by atoms with Crippen molar-refractivity contribution in [1.82, 2.24) is 0 Å². The molecule has 3 aliphatic heterocycles. The molecular formula is C31H39BrN2O3. The first-order valence-electron chi connectivity index (χ1n) is 13.9. The minimum absolute atomic E-state index is 0. The maximum absolute atomic E-state index is 13.9. The monoisotopic (exact) mass is 566 g/mol. The first-order valence-corrected chi connectivity index (χ1v) is 13.9. The molecule has 37 heavy (non-hydrogen) atoms. The number of fused-ring (bicyclic) bond motifs is 3. The van der Waals surface area contributed by atoms with Crippen LogP contribution in [0.2, 0.25) is 0 Å². The molecule has 0 spiro atoms. The van der Waals surface area contributed by atoms with Crippen molar-refractivity contribution in [3.8, 4) is 11.8 Å². The average molecular weight is 568 g/mol. The lowest BCUT2D eigenvalue weighted by Gasteiger charge is -2.52. The number of nitriles is 1.